The smallest absolute Gasteiger partial charge is 0.00878 e. The summed E-state index contributed by atoms with van der Waals surface area (Å²) in [5.41, 5.74) is 20.2. The summed E-state index contributed by atoms with van der Waals surface area (Å²) >= 11 is 0. The van der Waals surface area contributed by atoms with Crippen molar-refractivity contribution in [1.29, 1.82) is 0 Å². The normalized spacial score (nSPS) is 15.9. The van der Waals surface area contributed by atoms with E-state index < -0.39 is 0 Å². The lowest BCUT2D eigenvalue weighted by Gasteiger charge is -2.33. The van der Waals surface area contributed by atoms with Crippen LogP contribution in [0.4, 0.5) is 0 Å². The number of fused-ring (bicyclic) bond motifs is 8. The van der Waals surface area contributed by atoms with Gasteiger partial charge in [-0.25, -0.2) is 0 Å². The molecule has 2 atom stereocenters. The topological polar surface area (TPSA) is 0 Å². The first kappa shape index (κ1) is 29.1. The van der Waals surface area contributed by atoms with Gasteiger partial charge in [-0.15, -0.1) is 0 Å². The monoisotopic (exact) mass is 670 g/mol. The summed E-state index contributed by atoms with van der Waals surface area (Å²) in [6.45, 7) is 2.46. The molecule has 0 bridgehead atoms. The molecule has 0 radical (unpaired) electrons. The van der Waals surface area contributed by atoms with Crippen LogP contribution in [0.1, 0.15) is 35.4 Å². The summed E-state index contributed by atoms with van der Waals surface area (Å²) in [6.07, 6.45) is 4.94. The van der Waals surface area contributed by atoms with Gasteiger partial charge in [0.2, 0.25) is 0 Å². The molecule has 53 heavy (non-hydrogen) atoms. The van der Waals surface area contributed by atoms with Gasteiger partial charge in [0.15, 0.2) is 0 Å². The van der Waals surface area contributed by atoms with Crippen LogP contribution in [0, 0.1) is 0 Å². The van der Waals surface area contributed by atoms with Crippen molar-refractivity contribution in [3.05, 3.63) is 187 Å². The molecule has 3 aliphatic carbocycles. The van der Waals surface area contributed by atoms with E-state index in [0.29, 0.717) is 0 Å². The Kier molecular flexibility index (Phi) is 5.91. The van der Waals surface area contributed by atoms with Crippen LogP contribution < -0.4 is 0 Å². The Hall–Kier alpha value is -6.50. The zero-order valence-electron chi connectivity index (χ0n) is 29.4. The van der Waals surface area contributed by atoms with Gasteiger partial charge >= 0.3 is 0 Å². The van der Waals surface area contributed by atoms with Gasteiger partial charge < -0.3 is 0 Å². The van der Waals surface area contributed by atoms with Gasteiger partial charge in [-0.1, -0.05) is 183 Å². The zero-order valence-corrected chi connectivity index (χ0v) is 29.4. The van der Waals surface area contributed by atoms with E-state index in [1.165, 1.54) is 116 Å². The molecular formula is C53H34. The molecule has 0 aromatic heterocycles. The van der Waals surface area contributed by atoms with E-state index in [2.05, 4.69) is 183 Å². The van der Waals surface area contributed by atoms with E-state index in [1.807, 2.05) is 0 Å². The minimum Gasteiger partial charge on any atom is -0.0758 e. The van der Waals surface area contributed by atoms with E-state index in [9.17, 15) is 0 Å². The van der Waals surface area contributed by atoms with Gasteiger partial charge in [0.05, 0.1) is 0 Å². The van der Waals surface area contributed by atoms with Crippen molar-refractivity contribution in [3.63, 3.8) is 0 Å². The lowest BCUT2D eigenvalue weighted by molar-refractivity contribution is 0.672. The third-order valence-corrected chi connectivity index (χ3v) is 12.6. The van der Waals surface area contributed by atoms with Crippen LogP contribution in [0.5, 0.6) is 0 Å². The average Bonchev–Trinajstić information content (AvgIpc) is 3.73. The van der Waals surface area contributed by atoms with E-state index >= 15 is 0 Å². The van der Waals surface area contributed by atoms with Crippen LogP contribution in [-0.4, -0.2) is 0 Å². The van der Waals surface area contributed by atoms with Crippen LogP contribution in [0.25, 0.3) is 105 Å². The molecule has 2 unspecified atom stereocenters. The first-order valence-electron chi connectivity index (χ1n) is 18.9. The predicted octanol–water partition coefficient (Wildman–Crippen LogP) is 14.7. The molecule has 0 heteroatoms. The molecule has 0 heterocycles. The van der Waals surface area contributed by atoms with Crippen molar-refractivity contribution >= 4 is 38.4 Å². The molecular weight excluding hydrogens is 637 g/mol. The highest BCUT2D eigenvalue weighted by Crippen LogP contribution is 2.56. The fourth-order valence-electron chi connectivity index (χ4n) is 10.4. The maximum absolute atomic E-state index is 2.48. The zero-order chi connectivity index (χ0) is 34.8. The second kappa shape index (κ2) is 10.8. The highest BCUT2D eigenvalue weighted by molar-refractivity contribution is 6.24. The summed E-state index contributed by atoms with van der Waals surface area (Å²) in [7, 11) is 0. The van der Waals surface area contributed by atoms with Crippen LogP contribution in [-0.2, 0) is 0 Å². The molecule has 12 rings (SSSR count). The largest absolute Gasteiger partial charge is 0.0758 e. The number of hydrogen-bond acceptors (Lipinski definition) is 0. The number of rotatable bonds is 3. The van der Waals surface area contributed by atoms with E-state index in [-0.39, 0.29) is 11.8 Å². The Labute approximate surface area is 309 Å². The minimum absolute atomic E-state index is 0.247. The summed E-state index contributed by atoms with van der Waals surface area (Å²) in [6, 6.07) is 61.5. The number of allylic oxidation sites excluding steroid dienone is 1. The number of hydrogen-bond donors (Lipinski definition) is 0. The van der Waals surface area contributed by atoms with Crippen molar-refractivity contribution < 1.29 is 0 Å². The van der Waals surface area contributed by atoms with E-state index in [4.69, 9.17) is 0 Å². The first-order chi connectivity index (χ1) is 26.3. The van der Waals surface area contributed by atoms with Gasteiger partial charge in [0.25, 0.3) is 0 Å². The molecule has 0 saturated carbocycles. The van der Waals surface area contributed by atoms with Crippen LogP contribution in [0.3, 0.4) is 0 Å². The van der Waals surface area contributed by atoms with Gasteiger partial charge in [0, 0.05) is 5.92 Å². The highest BCUT2D eigenvalue weighted by Gasteiger charge is 2.33. The van der Waals surface area contributed by atoms with Crippen LogP contribution in [0.15, 0.2) is 170 Å². The van der Waals surface area contributed by atoms with Crippen molar-refractivity contribution in [2.75, 3.05) is 0 Å². The predicted molar refractivity (Wildman–Crippen MR) is 225 cm³/mol. The third kappa shape index (κ3) is 3.85. The molecule has 0 amide bonds. The molecule has 9 aromatic carbocycles. The molecule has 0 nitrogen and oxygen atoms in total. The standard InChI is InChI=1S/C53H34/c1-31-33(32-13-3-2-4-14-32)25-30-48-49(31)53(47-29-27-45-37-18-8-6-16-35(37)39-22-12-24-42(47)51(39)45)43-20-10-9-19-40(43)52(48)46-28-26-44-36-17-7-5-15-34(36)38-21-11-23-41(46)50(38)44/h2-31,33H,1H3. The lowest BCUT2D eigenvalue weighted by atomic mass is 9.70. The Bertz CT molecular complexity index is 3010. The summed E-state index contributed by atoms with van der Waals surface area (Å²) in [5.74, 6) is 0.511. The maximum atomic E-state index is 2.48. The molecule has 246 valence electrons. The molecule has 9 aromatic rings. The van der Waals surface area contributed by atoms with Crippen LogP contribution >= 0.6 is 0 Å². The molecule has 0 saturated heterocycles. The number of benzene rings is 9. The summed E-state index contributed by atoms with van der Waals surface area (Å²) < 4.78 is 0. The SMILES string of the molecule is CC1c2c(c(-c3ccc4c5c(cccc35)-c3ccccc3-4)c3ccccc3c2-c2ccc3c4c(cccc24)-c2ccccc2-3)C=CC1c1ccccc1. The molecule has 0 fully saturated rings. The summed E-state index contributed by atoms with van der Waals surface area (Å²) in [4.78, 5) is 0. The second-order valence-corrected chi connectivity index (χ2v) is 15.1. The molecule has 3 aliphatic rings. The second-order valence-electron chi connectivity index (χ2n) is 15.1. The van der Waals surface area contributed by atoms with Crippen molar-refractivity contribution in [2.24, 2.45) is 0 Å². The Morgan fingerprint density at radius 2 is 0.755 bits per heavy atom. The van der Waals surface area contributed by atoms with Gasteiger partial charge in [-0.2, -0.15) is 0 Å². The van der Waals surface area contributed by atoms with Crippen molar-refractivity contribution in [2.45, 2.75) is 18.8 Å². The quantitative estimate of drug-likeness (QED) is 0.175. The Morgan fingerprint density at radius 1 is 0.340 bits per heavy atom. The lowest BCUT2D eigenvalue weighted by Crippen LogP contribution is -2.14. The first-order valence-corrected chi connectivity index (χ1v) is 18.9. The van der Waals surface area contributed by atoms with Gasteiger partial charge in [-0.3, -0.25) is 0 Å². The van der Waals surface area contributed by atoms with E-state index in [1.54, 1.807) is 0 Å². The summed E-state index contributed by atoms with van der Waals surface area (Å²) in [5, 5.41) is 8.02. The Balaban J connectivity index is 1.21. The third-order valence-electron chi connectivity index (χ3n) is 12.6. The van der Waals surface area contributed by atoms with E-state index in [0.717, 1.165) is 0 Å². The molecule has 0 spiro atoms. The highest BCUT2D eigenvalue weighted by atomic mass is 14.4. The van der Waals surface area contributed by atoms with Crippen LogP contribution in [0.2, 0.25) is 0 Å². The molecule has 0 N–H and O–H groups in total. The van der Waals surface area contributed by atoms with Gasteiger partial charge in [0.1, 0.15) is 0 Å². The average molecular weight is 671 g/mol. The maximum Gasteiger partial charge on any atom is 0.00878 e. The van der Waals surface area contributed by atoms with Gasteiger partial charge in [-0.05, 0) is 122 Å². The fraction of sp³-hybridized carbons (Fsp3) is 0.0566. The minimum atomic E-state index is 0.247. The van der Waals surface area contributed by atoms with Crippen molar-refractivity contribution in [3.8, 4) is 66.8 Å². The Morgan fingerprint density at radius 3 is 1.32 bits per heavy atom. The van der Waals surface area contributed by atoms with Crippen molar-refractivity contribution in [1.82, 2.24) is 0 Å². The fourth-order valence-corrected chi connectivity index (χ4v) is 10.4. The molecule has 0 aliphatic heterocycles.